The Morgan fingerprint density at radius 3 is 1.86 bits per heavy atom. The molecule has 1 amide bonds. The molecule has 0 aliphatic carbocycles. The summed E-state index contributed by atoms with van der Waals surface area (Å²) in [5.41, 5.74) is 3.49. The van der Waals surface area contributed by atoms with Crippen LogP contribution in [0, 0.1) is 6.92 Å². The molecule has 0 saturated carbocycles. The topological polar surface area (TPSA) is 29.5 Å². The summed E-state index contributed by atoms with van der Waals surface area (Å²) in [6, 6.07) is 28.3. The minimum atomic E-state index is 0.153. The summed E-state index contributed by atoms with van der Waals surface area (Å²) >= 11 is 0. The van der Waals surface area contributed by atoms with Crippen molar-refractivity contribution in [2.75, 3.05) is 6.61 Å². The summed E-state index contributed by atoms with van der Waals surface area (Å²) < 4.78 is 5.76. The van der Waals surface area contributed by atoms with E-state index in [1.807, 2.05) is 65.6 Å². The zero-order valence-corrected chi connectivity index (χ0v) is 16.4. The average molecular weight is 373 g/mol. The molecule has 0 aliphatic heterocycles. The van der Waals surface area contributed by atoms with E-state index in [0.717, 1.165) is 16.9 Å². The molecule has 0 atom stereocenters. The Bertz CT molecular complexity index is 803. The van der Waals surface area contributed by atoms with Gasteiger partial charge in [-0.15, -0.1) is 0 Å². The summed E-state index contributed by atoms with van der Waals surface area (Å²) in [4.78, 5) is 14.8. The molecule has 0 heterocycles. The molecule has 0 aromatic heterocycles. The van der Waals surface area contributed by atoms with Crippen molar-refractivity contribution in [3.8, 4) is 5.75 Å². The van der Waals surface area contributed by atoms with E-state index in [9.17, 15) is 4.79 Å². The fourth-order valence-corrected chi connectivity index (χ4v) is 3.05. The molecule has 3 heteroatoms. The third-order valence-corrected chi connectivity index (χ3v) is 4.61. The van der Waals surface area contributed by atoms with Gasteiger partial charge in [0.25, 0.3) is 0 Å². The molecule has 3 nitrogen and oxygen atoms in total. The third-order valence-electron chi connectivity index (χ3n) is 4.61. The smallest absolute Gasteiger partial charge is 0.223 e. The highest BCUT2D eigenvalue weighted by molar-refractivity contribution is 5.76. The van der Waals surface area contributed by atoms with Crippen LogP contribution >= 0.6 is 0 Å². The van der Waals surface area contributed by atoms with Crippen LogP contribution in [0.15, 0.2) is 84.9 Å². The first-order valence-corrected chi connectivity index (χ1v) is 9.76. The van der Waals surface area contributed by atoms with Gasteiger partial charge in [-0.05, 0) is 36.6 Å². The van der Waals surface area contributed by atoms with E-state index in [4.69, 9.17) is 4.74 Å². The Hall–Kier alpha value is -3.07. The van der Waals surface area contributed by atoms with Crippen molar-refractivity contribution in [3.63, 3.8) is 0 Å². The van der Waals surface area contributed by atoms with E-state index in [1.54, 1.807) is 0 Å². The number of rotatable bonds is 9. The van der Waals surface area contributed by atoms with Gasteiger partial charge in [0.05, 0.1) is 6.61 Å². The van der Waals surface area contributed by atoms with E-state index in [-0.39, 0.29) is 5.91 Å². The van der Waals surface area contributed by atoms with Gasteiger partial charge in [0.2, 0.25) is 5.91 Å². The van der Waals surface area contributed by atoms with Crippen molar-refractivity contribution in [1.29, 1.82) is 0 Å². The number of carbonyl (C=O) groups excluding carboxylic acids is 1. The summed E-state index contributed by atoms with van der Waals surface area (Å²) in [5.74, 6) is 1.00. The van der Waals surface area contributed by atoms with Gasteiger partial charge in [0.1, 0.15) is 5.75 Å². The quantitative estimate of drug-likeness (QED) is 0.471. The minimum Gasteiger partial charge on any atom is -0.494 e. The Labute approximate surface area is 167 Å². The lowest BCUT2D eigenvalue weighted by Crippen LogP contribution is -2.30. The maximum atomic E-state index is 12.9. The zero-order chi connectivity index (χ0) is 19.6. The second kappa shape index (κ2) is 10.3. The van der Waals surface area contributed by atoms with Crippen LogP contribution in [0.4, 0.5) is 0 Å². The molecular formula is C25H27NO2. The third kappa shape index (κ3) is 6.27. The molecular weight excluding hydrogens is 346 g/mol. The number of benzene rings is 3. The van der Waals surface area contributed by atoms with Crippen LogP contribution in [0.2, 0.25) is 0 Å². The van der Waals surface area contributed by atoms with Crippen molar-refractivity contribution in [3.05, 3.63) is 102 Å². The number of hydrogen-bond acceptors (Lipinski definition) is 2. The minimum absolute atomic E-state index is 0.153. The molecule has 0 fully saturated rings. The molecule has 0 unspecified atom stereocenters. The molecule has 3 aromatic carbocycles. The molecule has 0 radical (unpaired) electrons. The van der Waals surface area contributed by atoms with Crippen LogP contribution in [0.1, 0.15) is 29.5 Å². The summed E-state index contributed by atoms with van der Waals surface area (Å²) in [5, 5.41) is 0. The molecule has 144 valence electrons. The number of aryl methyl sites for hydroxylation is 1. The summed E-state index contributed by atoms with van der Waals surface area (Å²) in [6.07, 6.45) is 1.18. The second-order valence-electron chi connectivity index (χ2n) is 6.99. The molecule has 0 aliphatic rings. The standard InChI is InChI=1S/C25H27NO2/c1-21-14-16-24(17-15-21)28-18-8-13-25(27)26(19-22-9-4-2-5-10-22)20-23-11-6-3-7-12-23/h2-7,9-12,14-17H,8,13,18-20H2,1H3. The fourth-order valence-electron chi connectivity index (χ4n) is 3.05. The van der Waals surface area contributed by atoms with Gasteiger partial charge < -0.3 is 9.64 Å². The van der Waals surface area contributed by atoms with Gasteiger partial charge in [-0.3, -0.25) is 4.79 Å². The van der Waals surface area contributed by atoms with Crippen LogP contribution in [0.25, 0.3) is 0 Å². The van der Waals surface area contributed by atoms with Gasteiger partial charge in [0, 0.05) is 19.5 Å². The highest BCUT2D eigenvalue weighted by atomic mass is 16.5. The Morgan fingerprint density at radius 2 is 1.32 bits per heavy atom. The van der Waals surface area contributed by atoms with Crippen molar-refractivity contribution >= 4 is 5.91 Å². The first-order chi connectivity index (χ1) is 13.7. The molecule has 3 rings (SSSR count). The Balaban J connectivity index is 1.55. The lowest BCUT2D eigenvalue weighted by molar-refractivity contribution is -0.132. The SMILES string of the molecule is Cc1ccc(OCCCC(=O)N(Cc2ccccc2)Cc2ccccc2)cc1. The number of ether oxygens (including phenoxy) is 1. The monoisotopic (exact) mass is 373 g/mol. The van der Waals surface area contributed by atoms with Crippen LogP contribution in [0.5, 0.6) is 5.75 Å². The van der Waals surface area contributed by atoms with E-state index < -0.39 is 0 Å². The molecule has 0 saturated heterocycles. The predicted octanol–water partition coefficient (Wildman–Crippen LogP) is 5.38. The van der Waals surface area contributed by atoms with Gasteiger partial charge in [-0.25, -0.2) is 0 Å². The van der Waals surface area contributed by atoms with E-state index in [1.165, 1.54) is 5.56 Å². The average Bonchev–Trinajstić information content (AvgIpc) is 2.73. The maximum Gasteiger partial charge on any atom is 0.223 e. The number of nitrogens with zero attached hydrogens (tertiary/aromatic N) is 1. The lowest BCUT2D eigenvalue weighted by Gasteiger charge is -2.23. The van der Waals surface area contributed by atoms with Crippen molar-refractivity contribution in [2.24, 2.45) is 0 Å². The Morgan fingerprint density at radius 1 is 0.786 bits per heavy atom. The number of amides is 1. The van der Waals surface area contributed by atoms with Crippen molar-refractivity contribution < 1.29 is 9.53 Å². The molecule has 28 heavy (non-hydrogen) atoms. The predicted molar refractivity (Wildman–Crippen MR) is 113 cm³/mol. The van der Waals surface area contributed by atoms with Crippen LogP contribution < -0.4 is 4.74 Å². The largest absolute Gasteiger partial charge is 0.494 e. The zero-order valence-electron chi connectivity index (χ0n) is 16.4. The van der Waals surface area contributed by atoms with Crippen LogP contribution in [0.3, 0.4) is 0 Å². The van der Waals surface area contributed by atoms with Gasteiger partial charge in [-0.1, -0.05) is 78.4 Å². The van der Waals surface area contributed by atoms with Crippen molar-refractivity contribution in [2.45, 2.75) is 32.9 Å². The van der Waals surface area contributed by atoms with E-state index in [2.05, 4.69) is 31.2 Å². The second-order valence-corrected chi connectivity index (χ2v) is 6.99. The molecule has 0 N–H and O–H groups in total. The van der Waals surface area contributed by atoms with Crippen LogP contribution in [-0.4, -0.2) is 17.4 Å². The summed E-state index contributed by atoms with van der Waals surface area (Å²) in [7, 11) is 0. The number of carbonyl (C=O) groups is 1. The van der Waals surface area contributed by atoms with E-state index in [0.29, 0.717) is 32.5 Å². The highest BCUT2D eigenvalue weighted by Gasteiger charge is 2.14. The van der Waals surface area contributed by atoms with Gasteiger partial charge in [-0.2, -0.15) is 0 Å². The maximum absolute atomic E-state index is 12.9. The van der Waals surface area contributed by atoms with Crippen LogP contribution in [-0.2, 0) is 17.9 Å². The highest BCUT2D eigenvalue weighted by Crippen LogP contribution is 2.14. The Kier molecular flexibility index (Phi) is 7.25. The fraction of sp³-hybridized carbons (Fsp3) is 0.240. The van der Waals surface area contributed by atoms with Gasteiger partial charge in [0.15, 0.2) is 0 Å². The number of hydrogen-bond donors (Lipinski definition) is 0. The van der Waals surface area contributed by atoms with E-state index >= 15 is 0 Å². The molecule has 0 spiro atoms. The molecule has 0 bridgehead atoms. The first-order valence-electron chi connectivity index (χ1n) is 9.76. The lowest BCUT2D eigenvalue weighted by atomic mass is 10.1. The van der Waals surface area contributed by atoms with Crippen molar-refractivity contribution in [1.82, 2.24) is 4.90 Å². The first kappa shape index (κ1) is 19.7. The van der Waals surface area contributed by atoms with Gasteiger partial charge >= 0.3 is 0 Å². The summed E-state index contributed by atoms with van der Waals surface area (Å²) in [6.45, 7) is 3.83. The normalized spacial score (nSPS) is 10.5. The molecule has 3 aromatic rings.